The predicted octanol–water partition coefficient (Wildman–Crippen LogP) is 1.35. The quantitative estimate of drug-likeness (QED) is 0.512. The molecule has 0 aliphatic carbocycles. The normalized spacial score (nSPS) is 8.64. The number of hydrogen-bond donors (Lipinski definition) is 3. The maximum atomic E-state index is 10.7. The first kappa shape index (κ1) is 12.4. The van der Waals surface area contributed by atoms with Crippen LogP contribution in [0, 0.1) is 5.41 Å². The van der Waals surface area contributed by atoms with Crippen LogP contribution in [0.3, 0.4) is 0 Å². The zero-order chi connectivity index (χ0) is 9.84. The van der Waals surface area contributed by atoms with Gasteiger partial charge in [0, 0.05) is 18.2 Å². The zero-order valence-electron chi connectivity index (χ0n) is 7.70. The number of benzene rings is 1. The molecule has 0 aliphatic heterocycles. The molecule has 0 fully saturated rings. The Bertz CT molecular complexity index is 352. The van der Waals surface area contributed by atoms with Crippen molar-refractivity contribution in [3.8, 4) is 0 Å². The van der Waals surface area contributed by atoms with Gasteiger partial charge in [-0.25, -0.2) is 0 Å². The number of halogens is 1. The maximum absolute atomic E-state index is 10.7. The summed E-state index contributed by atoms with van der Waals surface area (Å²) in [5.41, 5.74) is 6.54. The average Bonchev–Trinajstić information content (AvgIpc) is 2.03. The number of nitrogen functional groups attached to an aromatic ring is 1. The van der Waals surface area contributed by atoms with Gasteiger partial charge in [-0.1, -0.05) is 12.1 Å². The fraction of sp³-hybridized carbons (Fsp3) is 0.111. The number of amidine groups is 1. The molecule has 0 aliphatic rings. The molecule has 0 saturated carbocycles. The Kier molecular flexibility index (Phi) is 4.66. The van der Waals surface area contributed by atoms with Gasteiger partial charge < -0.3 is 11.1 Å². The Morgan fingerprint density at radius 1 is 1.50 bits per heavy atom. The van der Waals surface area contributed by atoms with Crippen LogP contribution in [-0.2, 0) is 4.79 Å². The van der Waals surface area contributed by atoms with Crippen molar-refractivity contribution in [3.05, 3.63) is 29.8 Å². The molecule has 1 aromatic rings. The molecule has 1 rings (SSSR count). The Morgan fingerprint density at radius 3 is 2.64 bits per heavy atom. The molecule has 5 heteroatoms. The highest BCUT2D eigenvalue weighted by Gasteiger charge is 1.98. The number of hydrogen-bond acceptors (Lipinski definition) is 2. The third-order valence-electron chi connectivity index (χ3n) is 1.49. The van der Waals surface area contributed by atoms with Gasteiger partial charge in [-0.3, -0.25) is 10.2 Å². The smallest absolute Gasteiger partial charge is 0.221 e. The summed E-state index contributed by atoms with van der Waals surface area (Å²) in [5, 5.41) is 9.79. The van der Waals surface area contributed by atoms with E-state index in [1.54, 1.807) is 24.3 Å². The minimum atomic E-state index is -0.138. The lowest BCUT2D eigenvalue weighted by Gasteiger charge is -2.03. The second-order valence-corrected chi connectivity index (χ2v) is 2.68. The van der Waals surface area contributed by atoms with Crippen LogP contribution in [0.15, 0.2) is 24.3 Å². The van der Waals surface area contributed by atoms with Crippen LogP contribution in [0.5, 0.6) is 0 Å². The molecule has 14 heavy (non-hydrogen) atoms. The predicted molar refractivity (Wildman–Crippen MR) is 59.0 cm³/mol. The van der Waals surface area contributed by atoms with E-state index < -0.39 is 0 Å². The van der Waals surface area contributed by atoms with E-state index in [1.807, 2.05) is 0 Å². The SMILES string of the molecule is CC(=O)Nc1cccc(C(=N)N)c1.Cl. The van der Waals surface area contributed by atoms with Gasteiger partial charge >= 0.3 is 0 Å². The van der Waals surface area contributed by atoms with Gasteiger partial charge in [0.05, 0.1) is 0 Å². The number of rotatable bonds is 2. The van der Waals surface area contributed by atoms with Crippen LogP contribution in [0.2, 0.25) is 0 Å². The first-order chi connectivity index (χ1) is 6.09. The zero-order valence-corrected chi connectivity index (χ0v) is 8.52. The number of carbonyl (C=O) groups excluding carboxylic acids is 1. The molecule has 76 valence electrons. The lowest BCUT2D eigenvalue weighted by Crippen LogP contribution is -2.12. The number of anilines is 1. The van der Waals surface area contributed by atoms with Gasteiger partial charge in [-0.2, -0.15) is 0 Å². The van der Waals surface area contributed by atoms with Crippen LogP contribution in [-0.4, -0.2) is 11.7 Å². The lowest BCUT2D eigenvalue weighted by atomic mass is 10.2. The van der Waals surface area contributed by atoms with E-state index >= 15 is 0 Å². The highest BCUT2D eigenvalue weighted by molar-refractivity contribution is 5.97. The van der Waals surface area contributed by atoms with Gasteiger partial charge in [0.15, 0.2) is 0 Å². The molecule has 4 N–H and O–H groups in total. The van der Waals surface area contributed by atoms with E-state index in [4.69, 9.17) is 11.1 Å². The van der Waals surface area contributed by atoms with Crippen LogP contribution < -0.4 is 11.1 Å². The maximum Gasteiger partial charge on any atom is 0.221 e. The molecular formula is C9H12ClN3O. The third kappa shape index (κ3) is 3.45. The molecule has 0 heterocycles. The van der Waals surface area contributed by atoms with Crippen molar-refractivity contribution in [2.45, 2.75) is 6.92 Å². The molecule has 0 atom stereocenters. The summed E-state index contributed by atoms with van der Waals surface area (Å²) in [5.74, 6) is -0.145. The second-order valence-electron chi connectivity index (χ2n) is 2.68. The van der Waals surface area contributed by atoms with E-state index in [1.165, 1.54) is 6.92 Å². The van der Waals surface area contributed by atoms with Gasteiger partial charge in [0.1, 0.15) is 5.84 Å². The van der Waals surface area contributed by atoms with E-state index in [0.717, 1.165) is 0 Å². The van der Waals surface area contributed by atoms with E-state index in [2.05, 4.69) is 5.32 Å². The molecule has 0 aromatic heterocycles. The van der Waals surface area contributed by atoms with Gasteiger partial charge in [0.25, 0.3) is 0 Å². The molecule has 1 aromatic carbocycles. The van der Waals surface area contributed by atoms with Gasteiger partial charge in [-0.15, -0.1) is 12.4 Å². The summed E-state index contributed by atoms with van der Waals surface area (Å²) in [6, 6.07) is 6.85. The van der Waals surface area contributed by atoms with Gasteiger partial charge in [0.2, 0.25) is 5.91 Å². The summed E-state index contributed by atoms with van der Waals surface area (Å²) in [6.45, 7) is 1.43. The van der Waals surface area contributed by atoms with Crippen molar-refractivity contribution in [3.63, 3.8) is 0 Å². The number of amides is 1. The Labute approximate surface area is 88.4 Å². The topological polar surface area (TPSA) is 79.0 Å². The molecule has 1 amide bonds. The minimum Gasteiger partial charge on any atom is -0.384 e. The molecule has 0 spiro atoms. The standard InChI is InChI=1S/C9H11N3O.ClH/c1-6(13)12-8-4-2-3-7(5-8)9(10)11;/h2-5H,1H3,(H3,10,11)(H,12,13);1H. The largest absolute Gasteiger partial charge is 0.384 e. The van der Waals surface area contributed by atoms with Crippen LogP contribution in [0.25, 0.3) is 0 Å². The van der Waals surface area contributed by atoms with E-state index in [0.29, 0.717) is 11.3 Å². The number of nitrogens with one attached hydrogen (secondary N) is 2. The van der Waals surface area contributed by atoms with Crippen molar-refractivity contribution in [1.82, 2.24) is 0 Å². The monoisotopic (exact) mass is 213 g/mol. The first-order valence-corrected chi connectivity index (χ1v) is 3.81. The summed E-state index contributed by atoms with van der Waals surface area (Å²) in [6.07, 6.45) is 0. The third-order valence-corrected chi connectivity index (χ3v) is 1.49. The molecular weight excluding hydrogens is 202 g/mol. The molecule has 4 nitrogen and oxygen atoms in total. The van der Waals surface area contributed by atoms with E-state index in [-0.39, 0.29) is 24.1 Å². The van der Waals surface area contributed by atoms with Crippen molar-refractivity contribution in [2.24, 2.45) is 5.73 Å². The fourth-order valence-corrected chi connectivity index (χ4v) is 0.968. The van der Waals surface area contributed by atoms with Crippen molar-refractivity contribution >= 4 is 29.8 Å². The summed E-state index contributed by atoms with van der Waals surface area (Å²) in [7, 11) is 0. The lowest BCUT2D eigenvalue weighted by molar-refractivity contribution is -0.114. The van der Waals surface area contributed by atoms with Crippen LogP contribution >= 0.6 is 12.4 Å². The number of carbonyl (C=O) groups is 1. The minimum absolute atomic E-state index is 0. The summed E-state index contributed by atoms with van der Waals surface area (Å²) < 4.78 is 0. The average molecular weight is 214 g/mol. The Morgan fingerprint density at radius 2 is 2.14 bits per heavy atom. The fourth-order valence-electron chi connectivity index (χ4n) is 0.968. The van der Waals surface area contributed by atoms with Gasteiger partial charge in [-0.05, 0) is 12.1 Å². The highest BCUT2D eigenvalue weighted by Crippen LogP contribution is 2.09. The molecule has 0 saturated heterocycles. The summed E-state index contributed by atoms with van der Waals surface area (Å²) in [4.78, 5) is 10.7. The molecule has 0 unspecified atom stereocenters. The number of nitrogens with two attached hydrogens (primary N) is 1. The Hall–Kier alpha value is -1.55. The highest BCUT2D eigenvalue weighted by atomic mass is 35.5. The summed E-state index contributed by atoms with van der Waals surface area (Å²) >= 11 is 0. The first-order valence-electron chi connectivity index (χ1n) is 3.81. The van der Waals surface area contributed by atoms with Crippen molar-refractivity contribution in [2.75, 3.05) is 5.32 Å². The van der Waals surface area contributed by atoms with Crippen LogP contribution in [0.4, 0.5) is 5.69 Å². The van der Waals surface area contributed by atoms with E-state index in [9.17, 15) is 4.79 Å². The van der Waals surface area contributed by atoms with Crippen molar-refractivity contribution < 1.29 is 4.79 Å². The Balaban J connectivity index is 0.00000169. The van der Waals surface area contributed by atoms with Crippen molar-refractivity contribution in [1.29, 1.82) is 5.41 Å². The molecule has 0 radical (unpaired) electrons. The van der Waals surface area contributed by atoms with Crippen LogP contribution in [0.1, 0.15) is 12.5 Å². The second kappa shape index (κ2) is 5.24. The molecule has 0 bridgehead atoms.